The average molecular weight is 438 g/mol. The first-order chi connectivity index (χ1) is 15.2. The number of rotatable bonds is 6. The van der Waals surface area contributed by atoms with Crippen molar-refractivity contribution in [2.75, 3.05) is 26.3 Å². The van der Waals surface area contributed by atoms with E-state index < -0.39 is 10.5 Å². The van der Waals surface area contributed by atoms with Crippen LogP contribution in [0.1, 0.15) is 30.6 Å². The van der Waals surface area contributed by atoms with Crippen molar-refractivity contribution in [2.24, 2.45) is 0 Å². The molecule has 32 heavy (non-hydrogen) atoms. The molecule has 0 bridgehead atoms. The van der Waals surface area contributed by atoms with Crippen LogP contribution in [-0.2, 0) is 11.3 Å². The normalized spacial score (nSPS) is 14.7. The van der Waals surface area contributed by atoms with Gasteiger partial charge in [-0.2, -0.15) is 5.10 Å². The zero-order valence-electron chi connectivity index (χ0n) is 18.2. The van der Waals surface area contributed by atoms with Crippen LogP contribution in [-0.4, -0.2) is 62.5 Å². The summed E-state index contributed by atoms with van der Waals surface area (Å²) in [6.45, 7) is 6.00. The van der Waals surface area contributed by atoms with Gasteiger partial charge in [0.1, 0.15) is 0 Å². The number of benzene rings is 2. The minimum Gasteiger partial charge on any atom is -0.390 e. The van der Waals surface area contributed by atoms with Gasteiger partial charge in [-0.25, -0.2) is 0 Å². The Labute approximate surface area is 185 Å². The molecule has 3 aromatic rings. The van der Waals surface area contributed by atoms with Crippen molar-refractivity contribution in [3.63, 3.8) is 0 Å². The SMILES string of the molecule is CC(C)(O)CCn1cc2cc([N+](=O)[O-])c(-c3cccc(C(=O)N4CCOCC4)c3)cc2n1. The molecule has 4 rings (SSSR count). The summed E-state index contributed by atoms with van der Waals surface area (Å²) in [6.07, 6.45) is 2.25. The number of carbonyl (C=O) groups is 1. The van der Waals surface area contributed by atoms with E-state index in [0.717, 1.165) is 0 Å². The second-order valence-electron chi connectivity index (χ2n) is 8.63. The molecule has 168 valence electrons. The molecule has 9 heteroatoms. The third-order valence-corrected chi connectivity index (χ3v) is 5.54. The lowest BCUT2D eigenvalue weighted by Crippen LogP contribution is -2.40. The molecule has 0 spiro atoms. The van der Waals surface area contributed by atoms with Gasteiger partial charge in [0, 0.05) is 42.8 Å². The second-order valence-corrected chi connectivity index (χ2v) is 8.63. The maximum Gasteiger partial charge on any atom is 0.278 e. The number of hydrogen-bond donors (Lipinski definition) is 1. The van der Waals surface area contributed by atoms with Crippen molar-refractivity contribution in [3.05, 3.63) is 58.3 Å². The smallest absolute Gasteiger partial charge is 0.278 e. The molecule has 0 atom stereocenters. The van der Waals surface area contributed by atoms with Crippen LogP contribution in [0.25, 0.3) is 22.0 Å². The molecular formula is C23H26N4O5. The van der Waals surface area contributed by atoms with Crippen LogP contribution in [0.3, 0.4) is 0 Å². The Balaban J connectivity index is 1.70. The number of nitro benzene ring substituents is 1. The van der Waals surface area contributed by atoms with Gasteiger partial charge in [0.15, 0.2) is 0 Å². The topological polar surface area (TPSA) is 111 Å². The minimum atomic E-state index is -0.831. The number of ether oxygens (including phenoxy) is 1. The highest BCUT2D eigenvalue weighted by Gasteiger charge is 2.22. The number of nitrogens with zero attached hydrogens (tertiary/aromatic N) is 4. The summed E-state index contributed by atoms with van der Waals surface area (Å²) in [5.41, 5.74) is 1.22. The fourth-order valence-corrected chi connectivity index (χ4v) is 3.76. The van der Waals surface area contributed by atoms with Crippen LogP contribution < -0.4 is 0 Å². The molecule has 0 saturated carbocycles. The van der Waals surface area contributed by atoms with E-state index in [9.17, 15) is 20.0 Å². The number of nitro groups is 1. The van der Waals surface area contributed by atoms with Crippen LogP contribution in [0, 0.1) is 10.1 Å². The predicted molar refractivity (Wildman–Crippen MR) is 119 cm³/mol. The summed E-state index contributed by atoms with van der Waals surface area (Å²) in [6, 6.07) is 10.1. The van der Waals surface area contributed by atoms with Crippen molar-refractivity contribution in [2.45, 2.75) is 32.4 Å². The van der Waals surface area contributed by atoms with Crippen LogP contribution >= 0.6 is 0 Å². The number of aliphatic hydroxyl groups is 1. The monoisotopic (exact) mass is 438 g/mol. The maximum atomic E-state index is 12.9. The molecule has 0 aliphatic carbocycles. The summed E-state index contributed by atoms with van der Waals surface area (Å²) in [5, 5.41) is 27.0. The summed E-state index contributed by atoms with van der Waals surface area (Å²) < 4.78 is 7.00. The third kappa shape index (κ3) is 4.79. The lowest BCUT2D eigenvalue weighted by Gasteiger charge is -2.27. The molecule has 1 N–H and O–H groups in total. The zero-order valence-corrected chi connectivity index (χ0v) is 18.2. The van der Waals surface area contributed by atoms with Gasteiger partial charge in [-0.15, -0.1) is 0 Å². The summed E-state index contributed by atoms with van der Waals surface area (Å²) in [4.78, 5) is 26.0. The summed E-state index contributed by atoms with van der Waals surface area (Å²) >= 11 is 0. The van der Waals surface area contributed by atoms with Crippen molar-refractivity contribution >= 4 is 22.5 Å². The van der Waals surface area contributed by atoms with Crippen LogP contribution in [0.4, 0.5) is 5.69 Å². The highest BCUT2D eigenvalue weighted by molar-refractivity contribution is 5.97. The lowest BCUT2D eigenvalue weighted by molar-refractivity contribution is -0.384. The first-order valence-electron chi connectivity index (χ1n) is 10.6. The van der Waals surface area contributed by atoms with Crippen molar-refractivity contribution in [3.8, 4) is 11.1 Å². The highest BCUT2D eigenvalue weighted by atomic mass is 16.6. The summed E-state index contributed by atoms with van der Waals surface area (Å²) in [7, 11) is 0. The van der Waals surface area contributed by atoms with Gasteiger partial charge >= 0.3 is 0 Å². The number of carbonyl (C=O) groups excluding carboxylic acids is 1. The standard InChI is InChI=1S/C23H26N4O5/c1-23(2,29)6-7-26-15-18-13-21(27(30)31)19(14-20(18)24-26)16-4-3-5-17(12-16)22(28)25-8-10-32-11-9-25/h3-5,12-15,29H,6-11H2,1-2H3. The van der Waals surface area contributed by atoms with E-state index in [0.29, 0.717) is 66.9 Å². The Kier molecular flexibility index (Phi) is 5.94. The Hall–Kier alpha value is -3.30. The van der Waals surface area contributed by atoms with Gasteiger partial charge in [0.2, 0.25) is 0 Å². The van der Waals surface area contributed by atoms with Crippen molar-refractivity contribution in [1.82, 2.24) is 14.7 Å². The van der Waals surface area contributed by atoms with Crippen molar-refractivity contribution < 1.29 is 19.6 Å². The van der Waals surface area contributed by atoms with Crippen LogP contribution in [0.2, 0.25) is 0 Å². The van der Waals surface area contributed by atoms with E-state index in [4.69, 9.17) is 4.74 Å². The van der Waals surface area contributed by atoms with E-state index in [2.05, 4.69) is 5.10 Å². The molecule has 9 nitrogen and oxygen atoms in total. The van der Waals surface area contributed by atoms with Crippen LogP contribution in [0.5, 0.6) is 0 Å². The van der Waals surface area contributed by atoms with Gasteiger partial charge in [0.25, 0.3) is 11.6 Å². The Morgan fingerprint density at radius 2 is 2.00 bits per heavy atom. The molecule has 1 aliphatic heterocycles. The maximum absolute atomic E-state index is 12.9. The number of morpholine rings is 1. The molecule has 2 heterocycles. The fraction of sp³-hybridized carbons (Fsp3) is 0.391. The first kappa shape index (κ1) is 21.9. The van der Waals surface area contributed by atoms with E-state index in [1.54, 1.807) is 60.0 Å². The average Bonchev–Trinajstić information content (AvgIpc) is 3.18. The minimum absolute atomic E-state index is 0.0458. The number of aromatic nitrogens is 2. The number of amides is 1. The van der Waals surface area contributed by atoms with Crippen LogP contribution in [0.15, 0.2) is 42.6 Å². The first-order valence-corrected chi connectivity index (χ1v) is 10.6. The van der Waals surface area contributed by atoms with Gasteiger partial charge in [-0.05, 0) is 44.0 Å². The Morgan fingerprint density at radius 3 is 2.69 bits per heavy atom. The molecule has 1 aromatic heterocycles. The lowest BCUT2D eigenvalue weighted by atomic mass is 9.99. The van der Waals surface area contributed by atoms with E-state index in [1.165, 1.54) is 6.07 Å². The molecule has 1 saturated heterocycles. The Bertz CT molecular complexity index is 1160. The Morgan fingerprint density at radius 1 is 1.25 bits per heavy atom. The van der Waals surface area contributed by atoms with E-state index >= 15 is 0 Å². The largest absolute Gasteiger partial charge is 0.390 e. The van der Waals surface area contributed by atoms with E-state index in [-0.39, 0.29) is 11.6 Å². The van der Waals surface area contributed by atoms with Crippen molar-refractivity contribution in [1.29, 1.82) is 0 Å². The van der Waals surface area contributed by atoms with Gasteiger partial charge in [-0.3, -0.25) is 19.6 Å². The molecule has 0 unspecified atom stereocenters. The molecule has 1 amide bonds. The zero-order chi connectivity index (χ0) is 22.9. The summed E-state index contributed by atoms with van der Waals surface area (Å²) in [5.74, 6) is -0.116. The molecule has 1 fully saturated rings. The fourth-order valence-electron chi connectivity index (χ4n) is 3.76. The van der Waals surface area contributed by atoms with E-state index in [1.807, 2.05) is 0 Å². The van der Waals surface area contributed by atoms with Gasteiger partial charge in [-0.1, -0.05) is 12.1 Å². The molecule has 0 radical (unpaired) electrons. The number of aryl methyl sites for hydroxylation is 1. The third-order valence-electron chi connectivity index (χ3n) is 5.54. The quantitative estimate of drug-likeness (QED) is 0.467. The van der Waals surface area contributed by atoms with Gasteiger partial charge in [0.05, 0.1) is 34.8 Å². The molecule has 2 aromatic carbocycles. The number of fused-ring (bicyclic) bond motifs is 1. The number of hydrogen-bond acceptors (Lipinski definition) is 6. The second kappa shape index (κ2) is 8.68. The highest BCUT2D eigenvalue weighted by Crippen LogP contribution is 2.34. The predicted octanol–water partition coefficient (Wildman–Crippen LogP) is 3.24. The molecule has 1 aliphatic rings. The molecular weight excluding hydrogens is 412 g/mol. The van der Waals surface area contributed by atoms with Gasteiger partial charge < -0.3 is 14.7 Å².